The molecule has 0 saturated carbocycles. The summed E-state index contributed by atoms with van der Waals surface area (Å²) < 4.78 is 0. The van der Waals surface area contributed by atoms with Crippen LogP contribution in [0, 0.1) is 0 Å². The molecular weight excluding hydrogens is 308 g/mol. The summed E-state index contributed by atoms with van der Waals surface area (Å²) in [5.41, 5.74) is 1.70. The van der Waals surface area contributed by atoms with Crippen LogP contribution >= 0.6 is 0 Å². The molecule has 0 heterocycles. The molecule has 0 atom stereocenters. The Hall–Kier alpha value is -3.26. The van der Waals surface area contributed by atoms with E-state index in [9.17, 15) is 10.2 Å². The van der Waals surface area contributed by atoms with Crippen LogP contribution in [0.1, 0.15) is 11.1 Å². The summed E-state index contributed by atoms with van der Waals surface area (Å²) >= 11 is 0. The molecule has 2 nitrogen and oxygen atoms in total. The second-order valence-corrected chi connectivity index (χ2v) is 6.11. The largest absolute Gasteiger partial charge is 0.508 e. The Morgan fingerprint density at radius 2 is 1.24 bits per heavy atom. The highest BCUT2D eigenvalue weighted by Gasteiger charge is 2.06. The van der Waals surface area contributed by atoms with Crippen LogP contribution in [0.2, 0.25) is 0 Å². The third-order valence-electron chi connectivity index (χ3n) is 4.57. The average molecular weight is 326 g/mol. The van der Waals surface area contributed by atoms with Crippen molar-refractivity contribution >= 4 is 27.6 Å². The van der Waals surface area contributed by atoms with Crippen LogP contribution in [-0.2, 0) is 6.42 Å². The molecule has 0 fully saturated rings. The van der Waals surface area contributed by atoms with E-state index in [1.807, 2.05) is 72.8 Å². The van der Waals surface area contributed by atoms with Gasteiger partial charge in [-0.15, -0.1) is 0 Å². The summed E-state index contributed by atoms with van der Waals surface area (Å²) in [6.07, 6.45) is 4.51. The molecule has 0 radical (unpaired) electrons. The van der Waals surface area contributed by atoms with Gasteiger partial charge in [-0.1, -0.05) is 72.8 Å². The predicted octanol–water partition coefficient (Wildman–Crippen LogP) is 5.66. The molecule has 0 unspecified atom stereocenters. The third kappa shape index (κ3) is 2.83. The summed E-state index contributed by atoms with van der Waals surface area (Å²) in [5, 5.41) is 24.7. The Morgan fingerprint density at radius 3 is 2.00 bits per heavy atom. The summed E-state index contributed by atoms with van der Waals surface area (Å²) in [6, 6.07) is 23.3. The minimum Gasteiger partial charge on any atom is -0.508 e. The number of allylic oxidation sites excluding steroid dienone is 1. The quantitative estimate of drug-likeness (QED) is 0.510. The van der Waals surface area contributed by atoms with Gasteiger partial charge < -0.3 is 10.2 Å². The molecule has 2 heteroatoms. The fourth-order valence-electron chi connectivity index (χ4n) is 3.29. The number of hydrogen-bond donors (Lipinski definition) is 2. The first-order valence-electron chi connectivity index (χ1n) is 8.31. The van der Waals surface area contributed by atoms with Gasteiger partial charge in [0.15, 0.2) is 0 Å². The van der Waals surface area contributed by atoms with Gasteiger partial charge in [0.2, 0.25) is 0 Å². The van der Waals surface area contributed by atoms with Gasteiger partial charge in [0.05, 0.1) is 0 Å². The number of benzene rings is 4. The van der Waals surface area contributed by atoms with Crippen LogP contribution in [-0.4, -0.2) is 10.2 Å². The van der Waals surface area contributed by atoms with E-state index in [2.05, 4.69) is 0 Å². The normalized spacial score (nSPS) is 11.5. The van der Waals surface area contributed by atoms with Crippen molar-refractivity contribution in [3.63, 3.8) is 0 Å². The van der Waals surface area contributed by atoms with E-state index in [4.69, 9.17) is 0 Å². The number of phenolic OH excluding ortho intramolecular Hbond substituents is 2. The molecule has 4 aromatic rings. The molecule has 122 valence electrons. The Labute approximate surface area is 146 Å². The van der Waals surface area contributed by atoms with Crippen molar-refractivity contribution in [2.75, 3.05) is 0 Å². The molecule has 25 heavy (non-hydrogen) atoms. The van der Waals surface area contributed by atoms with Gasteiger partial charge in [-0.2, -0.15) is 0 Å². The zero-order valence-corrected chi connectivity index (χ0v) is 13.7. The van der Waals surface area contributed by atoms with Crippen molar-refractivity contribution in [2.24, 2.45) is 0 Å². The van der Waals surface area contributed by atoms with Gasteiger partial charge in [-0.05, 0) is 40.1 Å². The number of rotatable bonds is 3. The molecule has 0 bridgehead atoms. The molecular formula is C23H18O2. The van der Waals surface area contributed by atoms with Crippen molar-refractivity contribution < 1.29 is 10.2 Å². The first-order valence-corrected chi connectivity index (χ1v) is 8.31. The lowest BCUT2D eigenvalue weighted by Gasteiger charge is -2.08. The first-order chi connectivity index (χ1) is 12.2. The highest BCUT2D eigenvalue weighted by molar-refractivity contribution is 5.93. The third-order valence-corrected chi connectivity index (χ3v) is 4.57. The van der Waals surface area contributed by atoms with E-state index in [0.29, 0.717) is 12.2 Å². The summed E-state index contributed by atoms with van der Waals surface area (Å²) in [6.45, 7) is 0. The second-order valence-electron chi connectivity index (χ2n) is 6.11. The summed E-state index contributed by atoms with van der Waals surface area (Å²) in [5.74, 6) is 0.558. The molecule has 0 aromatic heterocycles. The molecule has 0 aliphatic rings. The van der Waals surface area contributed by atoms with E-state index in [0.717, 1.165) is 32.7 Å². The highest BCUT2D eigenvalue weighted by atomic mass is 16.3. The van der Waals surface area contributed by atoms with Gasteiger partial charge in [0.25, 0.3) is 0 Å². The molecule has 0 saturated heterocycles. The Bertz CT molecular complexity index is 1090. The van der Waals surface area contributed by atoms with Gasteiger partial charge in [0.1, 0.15) is 11.5 Å². The molecule has 0 spiro atoms. The number of aromatic hydroxyl groups is 2. The van der Waals surface area contributed by atoms with Crippen LogP contribution in [0.25, 0.3) is 27.6 Å². The van der Waals surface area contributed by atoms with Crippen LogP contribution in [0.3, 0.4) is 0 Å². The lowest BCUT2D eigenvalue weighted by molar-refractivity contribution is 0.471. The zero-order valence-electron chi connectivity index (χ0n) is 13.7. The van der Waals surface area contributed by atoms with E-state index in [1.165, 1.54) is 0 Å². The first kappa shape index (κ1) is 15.3. The number of phenols is 2. The Morgan fingerprint density at radius 1 is 0.640 bits per heavy atom. The van der Waals surface area contributed by atoms with Crippen LogP contribution in [0.15, 0.2) is 78.9 Å². The number of fused-ring (bicyclic) bond motifs is 2. The fraction of sp³-hybridized carbons (Fsp3) is 0.0435. The van der Waals surface area contributed by atoms with E-state index >= 15 is 0 Å². The maximum absolute atomic E-state index is 10.2. The van der Waals surface area contributed by atoms with Crippen molar-refractivity contribution in [2.45, 2.75) is 6.42 Å². The summed E-state index contributed by atoms with van der Waals surface area (Å²) in [4.78, 5) is 0. The zero-order chi connectivity index (χ0) is 17.2. The van der Waals surface area contributed by atoms with E-state index in [1.54, 1.807) is 12.1 Å². The maximum atomic E-state index is 10.2. The molecule has 0 aliphatic carbocycles. The predicted molar refractivity (Wildman–Crippen MR) is 104 cm³/mol. The molecule has 0 amide bonds. The molecule has 4 aromatic carbocycles. The maximum Gasteiger partial charge on any atom is 0.123 e. The highest BCUT2D eigenvalue weighted by Crippen LogP contribution is 2.30. The average Bonchev–Trinajstić information content (AvgIpc) is 2.65. The van der Waals surface area contributed by atoms with Crippen molar-refractivity contribution in [1.29, 1.82) is 0 Å². The minimum absolute atomic E-state index is 0.261. The second kappa shape index (κ2) is 6.33. The van der Waals surface area contributed by atoms with Gasteiger partial charge >= 0.3 is 0 Å². The van der Waals surface area contributed by atoms with Crippen molar-refractivity contribution in [1.82, 2.24) is 0 Å². The summed E-state index contributed by atoms with van der Waals surface area (Å²) in [7, 11) is 0. The molecule has 4 rings (SSSR count). The fourth-order valence-corrected chi connectivity index (χ4v) is 3.29. The van der Waals surface area contributed by atoms with Gasteiger partial charge in [-0.25, -0.2) is 0 Å². The topological polar surface area (TPSA) is 40.5 Å². The van der Waals surface area contributed by atoms with Gasteiger partial charge in [-0.3, -0.25) is 0 Å². The Balaban J connectivity index is 1.73. The van der Waals surface area contributed by atoms with E-state index < -0.39 is 0 Å². The van der Waals surface area contributed by atoms with Crippen LogP contribution in [0.4, 0.5) is 0 Å². The van der Waals surface area contributed by atoms with E-state index in [-0.39, 0.29) is 5.75 Å². The smallest absolute Gasteiger partial charge is 0.123 e. The van der Waals surface area contributed by atoms with Crippen LogP contribution < -0.4 is 0 Å². The van der Waals surface area contributed by atoms with Crippen molar-refractivity contribution in [3.8, 4) is 11.5 Å². The monoisotopic (exact) mass is 326 g/mol. The van der Waals surface area contributed by atoms with Crippen LogP contribution in [0.5, 0.6) is 11.5 Å². The lowest BCUT2D eigenvalue weighted by Crippen LogP contribution is -1.86. The van der Waals surface area contributed by atoms with Gasteiger partial charge in [0, 0.05) is 11.1 Å². The SMILES string of the molecule is Oc1ccc2ccccc2c1C=CCc1c(O)ccc2ccccc12. The van der Waals surface area contributed by atoms with Crippen molar-refractivity contribution in [3.05, 3.63) is 90.0 Å². The molecule has 2 N–H and O–H groups in total. The Kier molecular flexibility index (Phi) is 3.87. The number of hydrogen-bond acceptors (Lipinski definition) is 2. The standard InChI is InChI=1S/C23H18O2/c24-22-14-12-16-6-1-3-8-18(16)20(22)10-5-11-21-19-9-4-2-7-17(19)13-15-23(21)25/h1-10,12-15,24-25H,11H2. The lowest BCUT2D eigenvalue weighted by atomic mass is 9.99. The minimum atomic E-state index is 0.261. The molecule has 0 aliphatic heterocycles.